The van der Waals surface area contributed by atoms with Gasteiger partial charge in [-0.2, -0.15) is 0 Å². The van der Waals surface area contributed by atoms with Gasteiger partial charge in [-0.3, -0.25) is 9.78 Å². The highest BCUT2D eigenvalue weighted by Crippen LogP contribution is 2.28. The number of amides is 1. The number of carbonyl (C=O) groups excluding carboxylic acids is 1. The fourth-order valence-corrected chi connectivity index (χ4v) is 3.40. The van der Waals surface area contributed by atoms with Crippen LogP contribution in [0, 0.1) is 6.92 Å². The Labute approximate surface area is 155 Å². The molecular formula is C21H27N3O2. The fourth-order valence-electron chi connectivity index (χ4n) is 3.40. The zero-order chi connectivity index (χ0) is 18.4. The van der Waals surface area contributed by atoms with Gasteiger partial charge in [-0.1, -0.05) is 31.7 Å². The molecule has 1 heterocycles. The number of rotatable bonds is 5. The molecule has 0 spiro atoms. The maximum Gasteiger partial charge on any atom is 0.253 e. The molecule has 0 atom stereocenters. The lowest BCUT2D eigenvalue weighted by molar-refractivity contribution is 0.0933. The van der Waals surface area contributed by atoms with Crippen LogP contribution in [0.1, 0.15) is 54.4 Å². The van der Waals surface area contributed by atoms with Gasteiger partial charge in [0.05, 0.1) is 30.2 Å². The van der Waals surface area contributed by atoms with Crippen LogP contribution in [0.2, 0.25) is 0 Å². The molecular weight excluding hydrogens is 326 g/mol. The van der Waals surface area contributed by atoms with Crippen molar-refractivity contribution in [1.82, 2.24) is 10.3 Å². The number of aryl methyl sites for hydroxylation is 1. The number of aromatic nitrogens is 1. The molecule has 3 rings (SSSR count). The van der Waals surface area contributed by atoms with E-state index in [0.29, 0.717) is 5.56 Å². The molecule has 1 aromatic heterocycles. The summed E-state index contributed by atoms with van der Waals surface area (Å²) < 4.78 is 5.40. The summed E-state index contributed by atoms with van der Waals surface area (Å²) in [4.78, 5) is 16.8. The lowest BCUT2D eigenvalue weighted by atomic mass is 10.1. The predicted octanol–water partition coefficient (Wildman–Crippen LogP) is 4.59. The summed E-state index contributed by atoms with van der Waals surface area (Å²) in [5, 5.41) is 6.47. The molecule has 1 saturated carbocycles. The van der Waals surface area contributed by atoms with Gasteiger partial charge >= 0.3 is 0 Å². The second-order valence-electron chi connectivity index (χ2n) is 6.95. The molecule has 5 heteroatoms. The van der Waals surface area contributed by atoms with Crippen molar-refractivity contribution in [3.05, 3.63) is 47.8 Å². The number of nitrogens with zero attached hydrogens (tertiary/aromatic N) is 1. The van der Waals surface area contributed by atoms with Crippen molar-refractivity contribution in [2.24, 2.45) is 0 Å². The summed E-state index contributed by atoms with van der Waals surface area (Å²) in [5.74, 6) is 0.702. The molecule has 26 heavy (non-hydrogen) atoms. The maximum absolute atomic E-state index is 12.6. The first-order chi connectivity index (χ1) is 12.7. The highest BCUT2D eigenvalue weighted by molar-refractivity contribution is 5.95. The van der Waals surface area contributed by atoms with Gasteiger partial charge in [0, 0.05) is 12.2 Å². The molecule has 0 radical (unpaired) electrons. The van der Waals surface area contributed by atoms with Crippen LogP contribution >= 0.6 is 0 Å². The first-order valence-corrected chi connectivity index (χ1v) is 9.33. The lowest BCUT2D eigenvalue weighted by Crippen LogP contribution is -2.34. The number of carbonyl (C=O) groups is 1. The van der Waals surface area contributed by atoms with Crippen LogP contribution in [0.15, 0.2) is 36.7 Å². The van der Waals surface area contributed by atoms with Crippen molar-refractivity contribution in [1.29, 1.82) is 0 Å². The molecule has 1 amide bonds. The van der Waals surface area contributed by atoms with Crippen LogP contribution in [0.4, 0.5) is 11.4 Å². The summed E-state index contributed by atoms with van der Waals surface area (Å²) in [6, 6.07) is 8.04. The van der Waals surface area contributed by atoms with E-state index < -0.39 is 0 Å². The number of benzene rings is 1. The normalized spacial score (nSPS) is 15.2. The van der Waals surface area contributed by atoms with Gasteiger partial charge in [0.15, 0.2) is 0 Å². The number of nitrogens with one attached hydrogen (secondary N) is 2. The predicted molar refractivity (Wildman–Crippen MR) is 104 cm³/mol. The second-order valence-corrected chi connectivity index (χ2v) is 6.95. The van der Waals surface area contributed by atoms with Gasteiger partial charge in [0.2, 0.25) is 0 Å². The molecule has 138 valence electrons. The molecule has 0 unspecified atom stereocenters. The number of hydrogen-bond acceptors (Lipinski definition) is 4. The van der Waals surface area contributed by atoms with Gasteiger partial charge in [-0.25, -0.2) is 0 Å². The van der Waals surface area contributed by atoms with Crippen LogP contribution in [-0.2, 0) is 0 Å². The molecule has 5 nitrogen and oxygen atoms in total. The van der Waals surface area contributed by atoms with E-state index in [1.807, 2.05) is 31.2 Å². The first-order valence-electron chi connectivity index (χ1n) is 9.33. The monoisotopic (exact) mass is 353 g/mol. The molecule has 0 bridgehead atoms. The summed E-state index contributed by atoms with van der Waals surface area (Å²) in [5.41, 5.74) is 3.33. The third-order valence-electron chi connectivity index (χ3n) is 4.82. The Morgan fingerprint density at radius 3 is 2.62 bits per heavy atom. The van der Waals surface area contributed by atoms with E-state index in [1.165, 1.54) is 25.7 Å². The molecule has 2 N–H and O–H groups in total. The van der Waals surface area contributed by atoms with Gasteiger partial charge < -0.3 is 15.4 Å². The molecule has 1 aromatic carbocycles. The molecule has 1 aliphatic rings. The zero-order valence-electron chi connectivity index (χ0n) is 15.5. The van der Waals surface area contributed by atoms with Crippen LogP contribution in [-0.4, -0.2) is 24.0 Å². The minimum Gasteiger partial charge on any atom is -0.495 e. The number of hydrogen-bond donors (Lipinski definition) is 2. The number of pyridine rings is 1. The Bertz CT molecular complexity index is 753. The summed E-state index contributed by atoms with van der Waals surface area (Å²) in [6.07, 6.45) is 10.4. The number of anilines is 2. The third-order valence-corrected chi connectivity index (χ3v) is 4.82. The van der Waals surface area contributed by atoms with Crippen molar-refractivity contribution in [2.45, 2.75) is 51.5 Å². The van der Waals surface area contributed by atoms with E-state index in [-0.39, 0.29) is 11.9 Å². The summed E-state index contributed by atoms with van der Waals surface area (Å²) >= 11 is 0. The van der Waals surface area contributed by atoms with Gasteiger partial charge in [0.25, 0.3) is 5.91 Å². The molecule has 0 aliphatic heterocycles. The minimum atomic E-state index is -0.0516. The zero-order valence-corrected chi connectivity index (χ0v) is 15.5. The Kier molecular flexibility index (Phi) is 6.10. The van der Waals surface area contributed by atoms with E-state index in [1.54, 1.807) is 19.5 Å². The average Bonchev–Trinajstić information content (AvgIpc) is 2.91. The van der Waals surface area contributed by atoms with Gasteiger partial charge in [-0.05, 0) is 43.5 Å². The molecule has 2 aromatic rings. The average molecular weight is 353 g/mol. The minimum absolute atomic E-state index is 0.0516. The van der Waals surface area contributed by atoms with Crippen LogP contribution in [0.25, 0.3) is 0 Å². The van der Waals surface area contributed by atoms with Crippen molar-refractivity contribution in [2.75, 3.05) is 12.4 Å². The highest BCUT2D eigenvalue weighted by Gasteiger charge is 2.16. The van der Waals surface area contributed by atoms with Gasteiger partial charge in [0.1, 0.15) is 5.75 Å². The topological polar surface area (TPSA) is 63.2 Å². The van der Waals surface area contributed by atoms with E-state index >= 15 is 0 Å². The van der Waals surface area contributed by atoms with Crippen LogP contribution in [0.3, 0.4) is 0 Å². The van der Waals surface area contributed by atoms with Crippen LogP contribution in [0.5, 0.6) is 5.75 Å². The Balaban J connectivity index is 1.71. The second kappa shape index (κ2) is 8.70. The summed E-state index contributed by atoms with van der Waals surface area (Å²) in [7, 11) is 1.64. The van der Waals surface area contributed by atoms with Crippen molar-refractivity contribution < 1.29 is 9.53 Å². The van der Waals surface area contributed by atoms with Crippen molar-refractivity contribution >= 4 is 17.3 Å². The Hall–Kier alpha value is -2.56. The highest BCUT2D eigenvalue weighted by atomic mass is 16.5. The Morgan fingerprint density at radius 1 is 1.12 bits per heavy atom. The van der Waals surface area contributed by atoms with E-state index in [0.717, 1.165) is 35.5 Å². The molecule has 1 fully saturated rings. The van der Waals surface area contributed by atoms with E-state index in [9.17, 15) is 4.79 Å². The smallest absolute Gasteiger partial charge is 0.253 e. The van der Waals surface area contributed by atoms with Crippen molar-refractivity contribution in [3.63, 3.8) is 0 Å². The lowest BCUT2D eigenvalue weighted by Gasteiger charge is -2.17. The summed E-state index contributed by atoms with van der Waals surface area (Å²) in [6.45, 7) is 2.03. The van der Waals surface area contributed by atoms with Crippen LogP contribution < -0.4 is 15.4 Å². The Morgan fingerprint density at radius 2 is 1.88 bits per heavy atom. The SMILES string of the molecule is COc1ccc(C)cc1Nc1cncc(C(=O)NC2CCCCCC2)c1. The number of ether oxygens (including phenoxy) is 1. The fraction of sp³-hybridized carbons (Fsp3) is 0.429. The van der Waals surface area contributed by atoms with E-state index in [4.69, 9.17) is 4.74 Å². The largest absolute Gasteiger partial charge is 0.495 e. The van der Waals surface area contributed by atoms with E-state index in [2.05, 4.69) is 15.6 Å². The molecule has 0 saturated heterocycles. The standard InChI is InChI=1S/C21H27N3O2/c1-15-9-10-20(26-2)19(11-15)23-18-12-16(13-22-14-18)21(25)24-17-7-5-3-4-6-8-17/h9-14,17,23H,3-8H2,1-2H3,(H,24,25). The number of methoxy groups -OCH3 is 1. The third kappa shape index (κ3) is 4.75. The molecule has 1 aliphatic carbocycles. The quantitative estimate of drug-likeness (QED) is 0.772. The van der Waals surface area contributed by atoms with Crippen molar-refractivity contribution in [3.8, 4) is 5.75 Å². The maximum atomic E-state index is 12.6. The first kappa shape index (κ1) is 18.2. The van der Waals surface area contributed by atoms with Gasteiger partial charge in [-0.15, -0.1) is 0 Å².